The summed E-state index contributed by atoms with van der Waals surface area (Å²) >= 11 is 0. The highest BCUT2D eigenvalue weighted by Gasteiger charge is 2.45. The molecule has 0 saturated carbocycles. The van der Waals surface area contributed by atoms with E-state index in [9.17, 15) is 0 Å². The summed E-state index contributed by atoms with van der Waals surface area (Å²) in [5.74, 6) is 1.13. The van der Waals surface area contributed by atoms with Crippen molar-refractivity contribution in [1.29, 1.82) is 0 Å². The molecule has 3 aliphatic heterocycles. The van der Waals surface area contributed by atoms with E-state index in [2.05, 4.69) is 35.3 Å². The number of hydrogen-bond donors (Lipinski definition) is 1. The second-order valence-corrected chi connectivity index (χ2v) is 6.72. The molecule has 3 aliphatic rings. The van der Waals surface area contributed by atoms with Crippen LogP contribution in [0.25, 0.3) is 0 Å². The first-order valence-electron chi connectivity index (χ1n) is 8.00. The summed E-state index contributed by atoms with van der Waals surface area (Å²) in [6.45, 7) is 6.78. The second kappa shape index (κ2) is 4.74. The van der Waals surface area contributed by atoms with Crippen molar-refractivity contribution in [2.24, 2.45) is 0 Å². The molecule has 108 valence electrons. The molecular weight excluding hydrogens is 248 g/mol. The summed E-state index contributed by atoms with van der Waals surface area (Å²) in [5, 5.41) is 3.49. The largest absolute Gasteiger partial charge is 0.485 e. The number of ether oxygens (including phenoxy) is 1. The van der Waals surface area contributed by atoms with E-state index in [1.54, 1.807) is 0 Å². The maximum atomic E-state index is 6.44. The average Bonchev–Trinajstić information content (AvgIpc) is 3.11. The van der Waals surface area contributed by atoms with Crippen molar-refractivity contribution in [2.45, 2.75) is 44.2 Å². The fraction of sp³-hybridized carbons (Fsp3) is 0.647. The molecule has 4 rings (SSSR count). The van der Waals surface area contributed by atoms with Crippen LogP contribution >= 0.6 is 0 Å². The Balaban J connectivity index is 1.74. The number of rotatable bonds is 1. The summed E-state index contributed by atoms with van der Waals surface area (Å²) in [5.41, 5.74) is 2.80. The smallest absolute Gasteiger partial charge is 0.125 e. The molecule has 3 heteroatoms. The first-order valence-corrected chi connectivity index (χ1v) is 8.00. The average molecular weight is 272 g/mol. The third-order valence-electron chi connectivity index (χ3n) is 5.20. The molecule has 1 N–H and O–H groups in total. The van der Waals surface area contributed by atoms with Gasteiger partial charge in [0, 0.05) is 31.0 Å². The first-order chi connectivity index (χ1) is 9.76. The Kier molecular flexibility index (Phi) is 3.00. The van der Waals surface area contributed by atoms with Crippen LogP contribution in [0, 0.1) is 6.92 Å². The second-order valence-electron chi connectivity index (χ2n) is 6.72. The molecule has 2 fully saturated rings. The normalized spacial score (nSPS) is 33.4. The van der Waals surface area contributed by atoms with Crippen molar-refractivity contribution in [1.82, 2.24) is 10.2 Å². The fourth-order valence-corrected chi connectivity index (χ4v) is 4.12. The summed E-state index contributed by atoms with van der Waals surface area (Å²) < 4.78 is 6.44. The molecule has 20 heavy (non-hydrogen) atoms. The van der Waals surface area contributed by atoms with Gasteiger partial charge in [-0.3, -0.25) is 4.90 Å². The van der Waals surface area contributed by atoms with E-state index in [1.165, 1.54) is 37.1 Å². The van der Waals surface area contributed by atoms with Gasteiger partial charge in [0.15, 0.2) is 0 Å². The van der Waals surface area contributed by atoms with Gasteiger partial charge in [-0.25, -0.2) is 0 Å². The molecular formula is C17H24N2O. The van der Waals surface area contributed by atoms with Gasteiger partial charge in [0.05, 0.1) is 0 Å². The summed E-state index contributed by atoms with van der Waals surface area (Å²) in [7, 11) is 0. The predicted octanol–water partition coefficient (Wildman–Crippen LogP) is 2.65. The minimum absolute atomic E-state index is 0.0372. The van der Waals surface area contributed by atoms with Crippen LogP contribution in [0.2, 0.25) is 0 Å². The maximum absolute atomic E-state index is 6.44. The topological polar surface area (TPSA) is 24.5 Å². The molecule has 1 spiro atoms. The zero-order valence-electron chi connectivity index (χ0n) is 12.3. The highest BCUT2D eigenvalue weighted by atomic mass is 16.5. The lowest BCUT2D eigenvalue weighted by molar-refractivity contribution is 0.0228. The number of benzene rings is 1. The van der Waals surface area contributed by atoms with Crippen molar-refractivity contribution in [2.75, 3.05) is 26.2 Å². The summed E-state index contributed by atoms with van der Waals surface area (Å²) in [6.07, 6.45) is 4.99. The number of likely N-dealkylation sites (tertiary alicyclic amines) is 1. The van der Waals surface area contributed by atoms with Crippen LogP contribution < -0.4 is 10.1 Å². The Bertz CT molecular complexity index is 502. The molecule has 1 aromatic carbocycles. The van der Waals surface area contributed by atoms with Gasteiger partial charge in [-0.15, -0.1) is 0 Å². The van der Waals surface area contributed by atoms with Gasteiger partial charge < -0.3 is 10.1 Å². The Morgan fingerprint density at radius 3 is 2.90 bits per heavy atom. The van der Waals surface area contributed by atoms with Crippen molar-refractivity contribution >= 4 is 0 Å². The van der Waals surface area contributed by atoms with E-state index in [0.717, 1.165) is 31.7 Å². The minimum atomic E-state index is 0.0372. The van der Waals surface area contributed by atoms with E-state index < -0.39 is 0 Å². The molecule has 2 saturated heterocycles. The Hall–Kier alpha value is -1.06. The number of nitrogens with zero attached hydrogens (tertiary/aromatic N) is 1. The van der Waals surface area contributed by atoms with Crippen molar-refractivity contribution in [3.63, 3.8) is 0 Å². The number of fused-ring (bicyclic) bond motifs is 1. The minimum Gasteiger partial charge on any atom is -0.485 e. The molecule has 1 aromatic rings. The third-order valence-corrected chi connectivity index (χ3v) is 5.20. The number of nitrogens with one attached hydrogen (secondary N) is 1. The van der Waals surface area contributed by atoms with E-state index in [1.807, 2.05) is 0 Å². The van der Waals surface area contributed by atoms with Crippen LogP contribution in [0.15, 0.2) is 18.2 Å². The lowest BCUT2D eigenvalue weighted by Crippen LogP contribution is -2.46. The molecule has 2 unspecified atom stereocenters. The van der Waals surface area contributed by atoms with Gasteiger partial charge in [-0.05, 0) is 45.5 Å². The summed E-state index contributed by atoms with van der Waals surface area (Å²) in [6, 6.07) is 7.27. The van der Waals surface area contributed by atoms with E-state index in [-0.39, 0.29) is 5.60 Å². The molecule has 2 atom stereocenters. The fourth-order valence-electron chi connectivity index (χ4n) is 4.12. The van der Waals surface area contributed by atoms with Crippen molar-refractivity contribution < 1.29 is 4.74 Å². The highest BCUT2D eigenvalue weighted by molar-refractivity contribution is 5.42. The van der Waals surface area contributed by atoms with Gasteiger partial charge in [-0.1, -0.05) is 17.7 Å². The molecule has 0 bridgehead atoms. The molecule has 0 amide bonds. The summed E-state index contributed by atoms with van der Waals surface area (Å²) in [4.78, 5) is 2.68. The monoisotopic (exact) mass is 272 g/mol. The molecule has 0 aromatic heterocycles. The molecule has 3 heterocycles. The Morgan fingerprint density at radius 1 is 1.30 bits per heavy atom. The van der Waals surface area contributed by atoms with Crippen LogP contribution in [0.5, 0.6) is 5.75 Å². The predicted molar refractivity (Wildman–Crippen MR) is 80.2 cm³/mol. The van der Waals surface area contributed by atoms with Crippen LogP contribution in [0.1, 0.15) is 42.9 Å². The zero-order valence-corrected chi connectivity index (χ0v) is 12.3. The van der Waals surface area contributed by atoms with Crippen LogP contribution in [-0.4, -0.2) is 36.7 Å². The third kappa shape index (κ3) is 2.04. The van der Waals surface area contributed by atoms with Crippen LogP contribution in [-0.2, 0) is 0 Å². The number of aryl methyl sites for hydroxylation is 1. The van der Waals surface area contributed by atoms with Crippen LogP contribution in [0.3, 0.4) is 0 Å². The van der Waals surface area contributed by atoms with Gasteiger partial charge in [0.1, 0.15) is 11.4 Å². The Morgan fingerprint density at radius 2 is 2.15 bits per heavy atom. The molecule has 0 aliphatic carbocycles. The van der Waals surface area contributed by atoms with E-state index in [4.69, 9.17) is 4.74 Å². The quantitative estimate of drug-likeness (QED) is 0.850. The maximum Gasteiger partial charge on any atom is 0.125 e. The van der Waals surface area contributed by atoms with Crippen LogP contribution in [0.4, 0.5) is 0 Å². The highest BCUT2D eigenvalue weighted by Crippen LogP contribution is 2.45. The standard InChI is InChI=1S/C17H24N2O/c1-13-4-5-16-14(10-13)15(19-8-2-3-9-19)11-17(20-16)6-7-18-12-17/h4-5,10,15,18H,2-3,6-9,11-12H2,1H3. The van der Waals surface area contributed by atoms with E-state index in [0.29, 0.717) is 6.04 Å². The van der Waals surface area contributed by atoms with Gasteiger partial charge in [0.2, 0.25) is 0 Å². The SMILES string of the molecule is Cc1ccc2c(c1)C(N1CCCC1)CC1(CCNC1)O2. The Labute approximate surface area is 121 Å². The lowest BCUT2D eigenvalue weighted by Gasteiger charge is -2.43. The van der Waals surface area contributed by atoms with Gasteiger partial charge in [-0.2, -0.15) is 0 Å². The lowest BCUT2D eigenvalue weighted by atomic mass is 9.85. The van der Waals surface area contributed by atoms with Gasteiger partial charge >= 0.3 is 0 Å². The van der Waals surface area contributed by atoms with Crippen molar-refractivity contribution in [3.05, 3.63) is 29.3 Å². The van der Waals surface area contributed by atoms with Gasteiger partial charge in [0.25, 0.3) is 0 Å². The molecule has 3 nitrogen and oxygen atoms in total. The van der Waals surface area contributed by atoms with Crippen molar-refractivity contribution in [3.8, 4) is 5.75 Å². The number of hydrogen-bond acceptors (Lipinski definition) is 3. The zero-order chi connectivity index (χ0) is 13.6. The van der Waals surface area contributed by atoms with E-state index >= 15 is 0 Å². The first kappa shape index (κ1) is 12.7. The molecule has 0 radical (unpaired) electrons.